The summed E-state index contributed by atoms with van der Waals surface area (Å²) < 4.78 is 5.88. The van der Waals surface area contributed by atoms with Gasteiger partial charge in [0.25, 0.3) is 0 Å². The fourth-order valence-corrected chi connectivity index (χ4v) is 3.59. The van der Waals surface area contributed by atoms with Crippen LogP contribution in [0.2, 0.25) is 0 Å². The van der Waals surface area contributed by atoms with Gasteiger partial charge >= 0.3 is 5.97 Å². The van der Waals surface area contributed by atoms with Crippen LogP contribution < -0.4 is 10.1 Å². The van der Waals surface area contributed by atoms with E-state index in [4.69, 9.17) is 22.1 Å². The Morgan fingerprint density at radius 3 is 2.37 bits per heavy atom. The van der Waals surface area contributed by atoms with Crippen molar-refractivity contribution < 1.29 is 14.6 Å². The number of thiocarbonyl (C=S) groups is 1. The van der Waals surface area contributed by atoms with Gasteiger partial charge in [0.1, 0.15) is 5.75 Å². The SMILES string of the molecule is CCC(C)CCCCCCCCC(=S)Nc1ccccc1OCCCCCC(=O)O. The number of aliphatic carboxylic acids is 1. The summed E-state index contributed by atoms with van der Waals surface area (Å²) in [6.45, 7) is 5.21. The summed E-state index contributed by atoms with van der Waals surface area (Å²) in [6, 6.07) is 7.87. The van der Waals surface area contributed by atoms with Gasteiger partial charge < -0.3 is 15.2 Å². The first-order valence-corrected chi connectivity index (χ1v) is 12.2. The molecule has 0 spiro atoms. The minimum Gasteiger partial charge on any atom is -0.491 e. The molecule has 2 N–H and O–H groups in total. The molecule has 0 aromatic heterocycles. The summed E-state index contributed by atoms with van der Waals surface area (Å²) in [4.78, 5) is 11.4. The molecular formula is C25H41NO3S. The van der Waals surface area contributed by atoms with E-state index in [1.807, 2.05) is 24.3 Å². The lowest BCUT2D eigenvalue weighted by atomic mass is 10.00. The zero-order chi connectivity index (χ0) is 22.0. The van der Waals surface area contributed by atoms with Crippen LogP contribution in [0.15, 0.2) is 24.3 Å². The molecule has 1 unspecified atom stereocenters. The molecule has 0 fully saturated rings. The number of hydrogen-bond acceptors (Lipinski definition) is 3. The van der Waals surface area contributed by atoms with E-state index < -0.39 is 5.97 Å². The molecule has 0 bridgehead atoms. The van der Waals surface area contributed by atoms with Crippen LogP contribution in [-0.4, -0.2) is 22.7 Å². The zero-order valence-corrected chi connectivity index (χ0v) is 19.8. The van der Waals surface area contributed by atoms with E-state index >= 15 is 0 Å². The van der Waals surface area contributed by atoms with Crippen molar-refractivity contribution in [1.29, 1.82) is 0 Å². The molecule has 30 heavy (non-hydrogen) atoms. The van der Waals surface area contributed by atoms with E-state index in [2.05, 4.69) is 19.2 Å². The van der Waals surface area contributed by atoms with Crippen molar-refractivity contribution in [2.75, 3.05) is 11.9 Å². The van der Waals surface area contributed by atoms with Crippen molar-refractivity contribution in [2.24, 2.45) is 5.92 Å². The number of nitrogens with one attached hydrogen (secondary N) is 1. The molecule has 0 heterocycles. The number of para-hydroxylation sites is 2. The Labute approximate surface area is 188 Å². The third-order valence-corrected chi connectivity index (χ3v) is 5.81. The molecule has 1 rings (SSSR count). The highest BCUT2D eigenvalue weighted by atomic mass is 32.1. The second-order valence-electron chi connectivity index (χ2n) is 8.27. The lowest BCUT2D eigenvalue weighted by Crippen LogP contribution is -2.10. The third kappa shape index (κ3) is 13.6. The number of carboxylic acid groups (broad SMARTS) is 1. The molecule has 1 aromatic carbocycles. The van der Waals surface area contributed by atoms with Crippen molar-refractivity contribution in [2.45, 2.75) is 97.3 Å². The largest absolute Gasteiger partial charge is 0.491 e. The fraction of sp³-hybridized carbons (Fsp3) is 0.680. The number of anilines is 1. The Bertz CT molecular complexity index is 606. The van der Waals surface area contributed by atoms with Gasteiger partial charge in [-0.3, -0.25) is 4.79 Å². The van der Waals surface area contributed by atoms with Crippen LogP contribution in [0, 0.1) is 5.92 Å². The fourth-order valence-electron chi connectivity index (χ4n) is 3.34. The average Bonchev–Trinajstić information content (AvgIpc) is 2.73. The molecule has 1 aromatic rings. The summed E-state index contributed by atoms with van der Waals surface area (Å²) in [5.74, 6) is 0.942. The van der Waals surface area contributed by atoms with Gasteiger partial charge in [-0.2, -0.15) is 0 Å². The molecule has 0 aliphatic rings. The highest BCUT2D eigenvalue weighted by Crippen LogP contribution is 2.25. The van der Waals surface area contributed by atoms with Gasteiger partial charge in [0.05, 0.1) is 17.3 Å². The summed E-state index contributed by atoms with van der Waals surface area (Å²) in [5.41, 5.74) is 0.915. The quantitative estimate of drug-likeness (QED) is 0.183. The van der Waals surface area contributed by atoms with E-state index in [-0.39, 0.29) is 6.42 Å². The van der Waals surface area contributed by atoms with Crippen LogP contribution in [0.1, 0.15) is 97.3 Å². The van der Waals surface area contributed by atoms with E-state index in [0.29, 0.717) is 13.0 Å². The standard InChI is InChI=1S/C25H41NO3S/c1-3-21(2)15-9-6-4-5-7-10-18-24(30)26-22-16-12-13-17-23(22)29-20-14-8-11-19-25(27)28/h12-13,16-17,21H,3-11,14-15,18-20H2,1-2H3,(H,26,30)(H,27,28). The summed E-state index contributed by atoms with van der Waals surface area (Å²) in [6.07, 6.45) is 13.9. The molecule has 170 valence electrons. The summed E-state index contributed by atoms with van der Waals surface area (Å²) in [5, 5.41) is 12.0. The lowest BCUT2D eigenvalue weighted by molar-refractivity contribution is -0.137. The van der Waals surface area contributed by atoms with Crippen LogP contribution in [0.3, 0.4) is 0 Å². The normalized spacial score (nSPS) is 11.8. The number of benzene rings is 1. The minimum atomic E-state index is -0.736. The van der Waals surface area contributed by atoms with Crippen molar-refractivity contribution in [1.82, 2.24) is 0 Å². The second-order valence-corrected chi connectivity index (χ2v) is 8.76. The maximum atomic E-state index is 10.5. The maximum Gasteiger partial charge on any atom is 0.303 e. The molecule has 0 saturated carbocycles. The highest BCUT2D eigenvalue weighted by molar-refractivity contribution is 7.80. The van der Waals surface area contributed by atoms with Crippen LogP contribution in [0.5, 0.6) is 5.75 Å². The zero-order valence-electron chi connectivity index (χ0n) is 19.0. The van der Waals surface area contributed by atoms with E-state index in [0.717, 1.165) is 48.0 Å². The summed E-state index contributed by atoms with van der Waals surface area (Å²) in [7, 11) is 0. The van der Waals surface area contributed by atoms with Crippen molar-refractivity contribution in [3.05, 3.63) is 24.3 Å². The van der Waals surface area contributed by atoms with Crippen molar-refractivity contribution in [3.8, 4) is 5.75 Å². The van der Waals surface area contributed by atoms with E-state index in [1.54, 1.807) is 0 Å². The second kappa shape index (κ2) is 17.1. The average molecular weight is 436 g/mol. The van der Waals surface area contributed by atoms with Gasteiger partial charge in [0.2, 0.25) is 0 Å². The molecule has 0 aliphatic heterocycles. The van der Waals surface area contributed by atoms with Crippen molar-refractivity contribution >= 4 is 28.9 Å². The highest BCUT2D eigenvalue weighted by Gasteiger charge is 2.06. The van der Waals surface area contributed by atoms with Crippen LogP contribution in [-0.2, 0) is 4.79 Å². The first-order chi connectivity index (χ1) is 14.5. The number of carbonyl (C=O) groups is 1. The predicted octanol–water partition coefficient (Wildman–Crippen LogP) is 7.62. The number of unbranched alkanes of at least 4 members (excludes halogenated alkanes) is 7. The molecule has 0 radical (unpaired) electrons. The molecule has 1 atom stereocenters. The van der Waals surface area contributed by atoms with Gasteiger partial charge in [0, 0.05) is 6.42 Å². The summed E-state index contributed by atoms with van der Waals surface area (Å²) >= 11 is 5.53. The van der Waals surface area contributed by atoms with Gasteiger partial charge in [0.15, 0.2) is 0 Å². The van der Waals surface area contributed by atoms with Crippen molar-refractivity contribution in [3.63, 3.8) is 0 Å². The molecule has 0 saturated heterocycles. The van der Waals surface area contributed by atoms with Crippen LogP contribution in [0.4, 0.5) is 5.69 Å². The van der Waals surface area contributed by atoms with E-state index in [9.17, 15) is 4.79 Å². The minimum absolute atomic E-state index is 0.227. The molecule has 5 heteroatoms. The number of hydrogen-bond donors (Lipinski definition) is 2. The van der Waals surface area contributed by atoms with E-state index in [1.165, 1.54) is 44.9 Å². The molecule has 0 amide bonds. The first-order valence-electron chi connectivity index (χ1n) is 11.8. The monoisotopic (exact) mass is 435 g/mol. The number of ether oxygens (including phenoxy) is 1. The Kier molecular flexibility index (Phi) is 15.1. The predicted molar refractivity (Wildman–Crippen MR) is 131 cm³/mol. The first kappa shape index (κ1) is 26.4. The lowest BCUT2D eigenvalue weighted by Gasteiger charge is -2.14. The maximum absolute atomic E-state index is 10.5. The van der Waals surface area contributed by atoms with Gasteiger partial charge in [-0.1, -0.05) is 83.1 Å². The number of carboxylic acids is 1. The number of rotatable bonds is 18. The van der Waals surface area contributed by atoms with Crippen LogP contribution >= 0.6 is 12.2 Å². The molecule has 4 nitrogen and oxygen atoms in total. The molecular weight excluding hydrogens is 394 g/mol. The molecule has 0 aliphatic carbocycles. The van der Waals surface area contributed by atoms with Gasteiger partial charge in [-0.05, 0) is 50.2 Å². The van der Waals surface area contributed by atoms with Gasteiger partial charge in [-0.15, -0.1) is 0 Å². The third-order valence-electron chi connectivity index (χ3n) is 5.50. The topological polar surface area (TPSA) is 58.6 Å². The van der Waals surface area contributed by atoms with Crippen LogP contribution in [0.25, 0.3) is 0 Å². The van der Waals surface area contributed by atoms with Gasteiger partial charge in [-0.25, -0.2) is 0 Å². The Morgan fingerprint density at radius 2 is 1.63 bits per heavy atom. The Hall–Kier alpha value is -1.62. The smallest absolute Gasteiger partial charge is 0.303 e. The Balaban J connectivity index is 2.17. The Morgan fingerprint density at radius 1 is 1.00 bits per heavy atom.